The van der Waals surface area contributed by atoms with Crippen molar-refractivity contribution in [1.82, 2.24) is 5.32 Å². The Labute approximate surface area is 124 Å². The van der Waals surface area contributed by atoms with Gasteiger partial charge < -0.3 is 11.1 Å². The number of nitrogen functional groups attached to an aromatic ring is 1. The molecule has 0 saturated carbocycles. The van der Waals surface area contributed by atoms with Crippen molar-refractivity contribution >= 4 is 35.8 Å². The number of nitrogens with two attached hydrogens (primary N) is 1. The lowest BCUT2D eigenvalue weighted by molar-refractivity contribution is -0.128. The molecule has 106 valence electrons. The van der Waals surface area contributed by atoms with Crippen LogP contribution in [0, 0.1) is 10.8 Å². The monoisotopic (exact) mass is 303 g/mol. The summed E-state index contributed by atoms with van der Waals surface area (Å²) >= 11 is 5.92. The topological polar surface area (TPSA) is 79.0 Å². The predicted octanol–water partition coefficient (Wildman–Crippen LogP) is 2.71. The number of rotatable bonds is 3. The summed E-state index contributed by atoms with van der Waals surface area (Å²) in [6, 6.07) is 5.20. The van der Waals surface area contributed by atoms with Gasteiger partial charge in [-0.25, -0.2) is 0 Å². The summed E-state index contributed by atoms with van der Waals surface area (Å²) in [4.78, 5) is 11.7. The van der Waals surface area contributed by atoms with Gasteiger partial charge in [0.05, 0.1) is 5.02 Å². The Balaban J connectivity index is 0.00000324. The average Bonchev–Trinajstić information content (AvgIpc) is 2.25. The molecule has 0 aliphatic carbocycles. The Morgan fingerprint density at radius 1 is 1.42 bits per heavy atom. The molecular formula is C13H19Cl2N3O. The number of hydrogen-bond donors (Lipinski definition) is 3. The highest BCUT2D eigenvalue weighted by molar-refractivity contribution is 6.33. The number of amidine groups is 1. The van der Waals surface area contributed by atoms with E-state index in [0.717, 1.165) is 5.56 Å². The molecule has 0 spiro atoms. The van der Waals surface area contributed by atoms with Crippen LogP contribution in [-0.4, -0.2) is 11.7 Å². The number of carbonyl (C=O) groups is 1. The zero-order valence-corrected chi connectivity index (χ0v) is 12.8. The summed E-state index contributed by atoms with van der Waals surface area (Å²) in [5, 5.41) is 10.7. The second-order valence-corrected chi connectivity index (χ2v) is 5.57. The molecule has 0 unspecified atom stereocenters. The largest absolute Gasteiger partial charge is 0.384 e. The van der Waals surface area contributed by atoms with E-state index < -0.39 is 5.41 Å². The first-order chi connectivity index (χ1) is 8.21. The Morgan fingerprint density at radius 2 is 2.00 bits per heavy atom. The highest BCUT2D eigenvalue weighted by atomic mass is 35.5. The lowest BCUT2D eigenvalue weighted by Crippen LogP contribution is -2.34. The van der Waals surface area contributed by atoms with Crippen molar-refractivity contribution in [2.45, 2.75) is 27.3 Å². The molecule has 0 aliphatic heterocycles. The number of nitrogens with one attached hydrogen (secondary N) is 2. The summed E-state index contributed by atoms with van der Waals surface area (Å²) in [5.41, 5.74) is 6.35. The van der Waals surface area contributed by atoms with E-state index >= 15 is 0 Å². The molecule has 0 radical (unpaired) electrons. The van der Waals surface area contributed by atoms with Gasteiger partial charge in [-0.2, -0.15) is 0 Å². The van der Waals surface area contributed by atoms with Gasteiger partial charge in [0, 0.05) is 17.5 Å². The molecule has 4 nitrogen and oxygen atoms in total. The van der Waals surface area contributed by atoms with E-state index in [9.17, 15) is 4.79 Å². The van der Waals surface area contributed by atoms with E-state index in [4.69, 9.17) is 22.7 Å². The van der Waals surface area contributed by atoms with Gasteiger partial charge in [-0.1, -0.05) is 38.4 Å². The van der Waals surface area contributed by atoms with Crippen molar-refractivity contribution < 1.29 is 4.79 Å². The first-order valence-electron chi connectivity index (χ1n) is 5.63. The third-order valence-electron chi connectivity index (χ3n) is 2.46. The Bertz CT molecular complexity index is 481. The molecular weight excluding hydrogens is 285 g/mol. The van der Waals surface area contributed by atoms with Crippen molar-refractivity contribution in [3.8, 4) is 0 Å². The molecule has 19 heavy (non-hydrogen) atoms. The minimum Gasteiger partial charge on any atom is -0.384 e. The maximum absolute atomic E-state index is 11.7. The van der Waals surface area contributed by atoms with Crippen molar-refractivity contribution in [3.05, 3.63) is 34.3 Å². The lowest BCUT2D eigenvalue weighted by Gasteiger charge is -2.17. The fraction of sp³-hybridized carbons (Fsp3) is 0.385. The van der Waals surface area contributed by atoms with Crippen molar-refractivity contribution in [3.63, 3.8) is 0 Å². The Hall–Kier alpha value is -1.26. The van der Waals surface area contributed by atoms with Gasteiger partial charge in [-0.3, -0.25) is 10.2 Å². The normalized spacial score (nSPS) is 10.5. The molecule has 0 saturated heterocycles. The van der Waals surface area contributed by atoms with Gasteiger partial charge in [0.2, 0.25) is 5.91 Å². The minimum atomic E-state index is -0.421. The van der Waals surface area contributed by atoms with Crippen LogP contribution in [-0.2, 0) is 11.3 Å². The van der Waals surface area contributed by atoms with Gasteiger partial charge in [-0.05, 0) is 17.7 Å². The zero-order valence-electron chi connectivity index (χ0n) is 11.2. The predicted molar refractivity (Wildman–Crippen MR) is 81.0 cm³/mol. The third-order valence-corrected chi connectivity index (χ3v) is 2.78. The first kappa shape index (κ1) is 17.7. The smallest absolute Gasteiger partial charge is 0.225 e. The Kier molecular flexibility index (Phi) is 6.33. The van der Waals surface area contributed by atoms with E-state index in [1.807, 2.05) is 20.8 Å². The summed E-state index contributed by atoms with van der Waals surface area (Å²) in [5.74, 6) is -0.106. The third kappa shape index (κ3) is 5.09. The summed E-state index contributed by atoms with van der Waals surface area (Å²) in [7, 11) is 0. The quantitative estimate of drug-likeness (QED) is 0.593. The molecule has 0 fully saturated rings. The molecule has 0 aromatic heterocycles. The second-order valence-electron chi connectivity index (χ2n) is 5.16. The zero-order chi connectivity index (χ0) is 13.9. The van der Waals surface area contributed by atoms with Gasteiger partial charge in [0.1, 0.15) is 5.84 Å². The van der Waals surface area contributed by atoms with E-state index in [0.29, 0.717) is 17.1 Å². The number of amides is 1. The molecule has 0 heterocycles. The number of hydrogen-bond acceptors (Lipinski definition) is 2. The van der Waals surface area contributed by atoms with Crippen LogP contribution >= 0.6 is 24.0 Å². The summed E-state index contributed by atoms with van der Waals surface area (Å²) in [6.45, 7) is 5.95. The summed E-state index contributed by atoms with van der Waals surface area (Å²) < 4.78 is 0. The number of halogens is 2. The highest BCUT2D eigenvalue weighted by Gasteiger charge is 2.20. The molecule has 6 heteroatoms. The van der Waals surface area contributed by atoms with E-state index in [1.54, 1.807) is 18.2 Å². The molecule has 1 aromatic carbocycles. The maximum Gasteiger partial charge on any atom is 0.225 e. The van der Waals surface area contributed by atoms with Crippen LogP contribution in [0.4, 0.5) is 0 Å². The van der Waals surface area contributed by atoms with Gasteiger partial charge in [0.15, 0.2) is 0 Å². The average molecular weight is 304 g/mol. The van der Waals surface area contributed by atoms with Gasteiger partial charge in [0.25, 0.3) is 0 Å². The molecule has 0 atom stereocenters. The van der Waals surface area contributed by atoms with E-state index in [1.165, 1.54) is 0 Å². The molecule has 4 N–H and O–H groups in total. The van der Waals surface area contributed by atoms with E-state index in [-0.39, 0.29) is 24.1 Å². The fourth-order valence-electron chi connectivity index (χ4n) is 1.34. The molecule has 1 amide bonds. The molecule has 0 aliphatic rings. The van der Waals surface area contributed by atoms with Crippen molar-refractivity contribution in [1.29, 1.82) is 5.41 Å². The lowest BCUT2D eigenvalue weighted by atomic mass is 9.95. The SMILES string of the molecule is CC(C)(C)C(=O)NCc1ccc(Cl)c(C(=N)N)c1.Cl. The van der Waals surface area contributed by atoms with Crippen molar-refractivity contribution in [2.24, 2.45) is 11.1 Å². The van der Waals surface area contributed by atoms with Crippen molar-refractivity contribution in [2.75, 3.05) is 0 Å². The van der Waals surface area contributed by atoms with Crippen LogP contribution in [0.3, 0.4) is 0 Å². The standard InChI is InChI=1S/C13H18ClN3O.ClH/c1-13(2,3)12(18)17-7-8-4-5-10(14)9(6-8)11(15)16;/h4-6H,7H2,1-3H3,(H3,15,16)(H,17,18);1H. The molecule has 1 rings (SSSR count). The number of benzene rings is 1. The van der Waals surface area contributed by atoms with Gasteiger partial charge >= 0.3 is 0 Å². The summed E-state index contributed by atoms with van der Waals surface area (Å²) in [6.07, 6.45) is 0. The fourth-order valence-corrected chi connectivity index (χ4v) is 1.56. The van der Waals surface area contributed by atoms with Crippen LogP contribution in [0.2, 0.25) is 5.02 Å². The van der Waals surface area contributed by atoms with E-state index in [2.05, 4.69) is 5.32 Å². The van der Waals surface area contributed by atoms with Crippen LogP contribution < -0.4 is 11.1 Å². The van der Waals surface area contributed by atoms with Crippen LogP contribution in [0.25, 0.3) is 0 Å². The van der Waals surface area contributed by atoms with Gasteiger partial charge in [-0.15, -0.1) is 12.4 Å². The van der Waals surface area contributed by atoms with Crippen LogP contribution in [0.15, 0.2) is 18.2 Å². The van der Waals surface area contributed by atoms with Crippen LogP contribution in [0.5, 0.6) is 0 Å². The maximum atomic E-state index is 11.7. The number of carbonyl (C=O) groups excluding carboxylic acids is 1. The van der Waals surface area contributed by atoms with Crippen LogP contribution in [0.1, 0.15) is 31.9 Å². The Morgan fingerprint density at radius 3 is 2.47 bits per heavy atom. The first-order valence-corrected chi connectivity index (χ1v) is 6.00. The highest BCUT2D eigenvalue weighted by Crippen LogP contribution is 2.18. The minimum absolute atomic E-state index is 0. The molecule has 0 bridgehead atoms. The molecule has 1 aromatic rings. The second kappa shape index (κ2) is 6.78.